The van der Waals surface area contributed by atoms with E-state index in [-0.39, 0.29) is 24.2 Å². The molecule has 0 radical (unpaired) electrons. The van der Waals surface area contributed by atoms with Gasteiger partial charge in [0.25, 0.3) is 5.91 Å². The highest BCUT2D eigenvalue weighted by molar-refractivity contribution is 7.99. The number of carbonyl (C=O) groups is 2. The molecule has 0 unspecified atom stereocenters. The number of nitrogens with zero attached hydrogens (tertiary/aromatic N) is 1. The predicted octanol–water partition coefficient (Wildman–Crippen LogP) is 3.02. The van der Waals surface area contributed by atoms with Gasteiger partial charge in [-0.25, -0.2) is 0 Å². The molecule has 2 aliphatic rings. The van der Waals surface area contributed by atoms with Crippen molar-refractivity contribution in [2.24, 2.45) is 5.92 Å². The zero-order valence-corrected chi connectivity index (χ0v) is 16.7. The number of rotatable bonds is 5. The summed E-state index contributed by atoms with van der Waals surface area (Å²) in [5.74, 6) is 2.75. The first-order valence-electron chi connectivity index (χ1n) is 9.20. The lowest BCUT2D eigenvalue weighted by Crippen LogP contribution is -2.37. The lowest BCUT2D eigenvalue weighted by atomic mass is 9.93. The number of amides is 2. The molecule has 3 rings (SSSR count). The molecule has 2 saturated heterocycles. The first-order chi connectivity index (χ1) is 12.2. The number of piperidine rings is 1. The van der Waals surface area contributed by atoms with Crippen molar-refractivity contribution in [2.45, 2.75) is 25.7 Å². The summed E-state index contributed by atoms with van der Waals surface area (Å²) in [6.45, 7) is 3.73. The summed E-state index contributed by atoms with van der Waals surface area (Å²) < 4.78 is 0. The van der Waals surface area contributed by atoms with E-state index < -0.39 is 0 Å². The smallest absolute Gasteiger partial charge is 0.253 e. The van der Waals surface area contributed by atoms with E-state index in [9.17, 15) is 9.59 Å². The van der Waals surface area contributed by atoms with Crippen LogP contribution in [0.25, 0.3) is 0 Å². The Morgan fingerprint density at radius 2 is 1.92 bits per heavy atom. The summed E-state index contributed by atoms with van der Waals surface area (Å²) in [6.07, 6.45) is 3.81. The minimum atomic E-state index is 0. The normalized spacial score (nSPS) is 18.1. The predicted molar refractivity (Wildman–Crippen MR) is 110 cm³/mol. The van der Waals surface area contributed by atoms with Crippen LogP contribution in [0.1, 0.15) is 36.0 Å². The van der Waals surface area contributed by atoms with Gasteiger partial charge in [0.05, 0.1) is 0 Å². The maximum absolute atomic E-state index is 12.6. The van der Waals surface area contributed by atoms with Crippen molar-refractivity contribution in [3.8, 4) is 0 Å². The van der Waals surface area contributed by atoms with Gasteiger partial charge < -0.3 is 15.5 Å². The Bertz CT molecular complexity index is 602. The van der Waals surface area contributed by atoms with Gasteiger partial charge in [-0.2, -0.15) is 11.8 Å². The van der Waals surface area contributed by atoms with Crippen molar-refractivity contribution in [2.75, 3.05) is 43.0 Å². The van der Waals surface area contributed by atoms with Crippen LogP contribution in [0, 0.1) is 5.92 Å². The molecule has 7 heteroatoms. The van der Waals surface area contributed by atoms with Gasteiger partial charge in [0.1, 0.15) is 0 Å². The van der Waals surface area contributed by atoms with Gasteiger partial charge in [0.2, 0.25) is 5.91 Å². The molecule has 1 aromatic carbocycles. The number of anilines is 1. The first-order valence-corrected chi connectivity index (χ1v) is 10.4. The van der Waals surface area contributed by atoms with E-state index in [0.717, 1.165) is 56.9 Å². The van der Waals surface area contributed by atoms with Gasteiger partial charge in [-0.15, -0.1) is 12.4 Å². The Hall–Kier alpha value is -1.24. The largest absolute Gasteiger partial charge is 0.337 e. The Labute approximate surface area is 166 Å². The molecule has 1 aromatic rings. The molecule has 26 heavy (non-hydrogen) atoms. The molecule has 5 nitrogen and oxygen atoms in total. The number of benzene rings is 1. The lowest BCUT2D eigenvalue weighted by molar-refractivity contribution is -0.116. The molecule has 0 spiro atoms. The number of hydrogen-bond acceptors (Lipinski definition) is 4. The van der Waals surface area contributed by atoms with Crippen LogP contribution in [0.3, 0.4) is 0 Å². The number of nitrogens with one attached hydrogen (secondary N) is 2. The van der Waals surface area contributed by atoms with Crippen molar-refractivity contribution < 1.29 is 9.59 Å². The van der Waals surface area contributed by atoms with Crippen molar-refractivity contribution >= 4 is 41.7 Å². The third kappa shape index (κ3) is 6.18. The first kappa shape index (κ1) is 21.1. The molecular formula is C19H28ClN3O2S. The van der Waals surface area contributed by atoms with Crippen LogP contribution in [-0.4, -0.2) is 54.4 Å². The SMILES string of the molecule is Cl.O=C(CCC1CCNCC1)Nc1cccc(C(=O)N2CCSCC2)c1. The lowest BCUT2D eigenvalue weighted by Gasteiger charge is -2.26. The topological polar surface area (TPSA) is 61.4 Å². The number of carbonyl (C=O) groups excluding carboxylic acids is 2. The molecule has 144 valence electrons. The third-order valence-corrected chi connectivity index (χ3v) is 5.87. The van der Waals surface area contributed by atoms with E-state index >= 15 is 0 Å². The van der Waals surface area contributed by atoms with Gasteiger partial charge in [-0.1, -0.05) is 6.07 Å². The number of hydrogen-bond donors (Lipinski definition) is 2. The number of halogens is 1. The Balaban J connectivity index is 0.00000243. The Morgan fingerprint density at radius 1 is 1.19 bits per heavy atom. The van der Waals surface area contributed by atoms with Crippen LogP contribution in [0.15, 0.2) is 24.3 Å². The molecular weight excluding hydrogens is 370 g/mol. The molecule has 0 saturated carbocycles. The average molecular weight is 398 g/mol. The third-order valence-electron chi connectivity index (χ3n) is 4.93. The summed E-state index contributed by atoms with van der Waals surface area (Å²) in [6, 6.07) is 7.32. The maximum Gasteiger partial charge on any atom is 0.253 e. The van der Waals surface area contributed by atoms with Crippen LogP contribution in [0.2, 0.25) is 0 Å². The molecule has 0 atom stereocenters. The van der Waals surface area contributed by atoms with Crippen LogP contribution in [-0.2, 0) is 4.79 Å². The van der Waals surface area contributed by atoms with Gasteiger partial charge in [-0.05, 0) is 56.5 Å². The average Bonchev–Trinajstić information content (AvgIpc) is 2.67. The van der Waals surface area contributed by atoms with Crippen molar-refractivity contribution in [1.82, 2.24) is 10.2 Å². The van der Waals surface area contributed by atoms with Gasteiger partial charge in [0, 0.05) is 42.3 Å². The fraction of sp³-hybridized carbons (Fsp3) is 0.579. The van der Waals surface area contributed by atoms with E-state index in [0.29, 0.717) is 23.6 Å². The van der Waals surface area contributed by atoms with E-state index in [1.807, 2.05) is 34.9 Å². The fourth-order valence-corrected chi connectivity index (χ4v) is 4.31. The van der Waals surface area contributed by atoms with Gasteiger partial charge in [0.15, 0.2) is 0 Å². The highest BCUT2D eigenvalue weighted by Gasteiger charge is 2.19. The Morgan fingerprint density at radius 3 is 2.65 bits per heavy atom. The maximum atomic E-state index is 12.6. The van der Waals surface area contributed by atoms with E-state index in [4.69, 9.17) is 0 Å². The number of thioether (sulfide) groups is 1. The van der Waals surface area contributed by atoms with E-state index in [1.54, 1.807) is 6.07 Å². The second kappa shape index (κ2) is 10.8. The molecule has 0 aromatic heterocycles. The fourth-order valence-electron chi connectivity index (χ4n) is 3.41. The summed E-state index contributed by atoms with van der Waals surface area (Å²) in [7, 11) is 0. The monoisotopic (exact) mass is 397 g/mol. The molecule has 2 fully saturated rings. The van der Waals surface area contributed by atoms with Crippen LogP contribution in [0.5, 0.6) is 0 Å². The van der Waals surface area contributed by atoms with Crippen molar-refractivity contribution in [1.29, 1.82) is 0 Å². The van der Waals surface area contributed by atoms with Crippen LogP contribution in [0.4, 0.5) is 5.69 Å². The van der Waals surface area contributed by atoms with Crippen LogP contribution < -0.4 is 10.6 Å². The molecule has 0 bridgehead atoms. The van der Waals surface area contributed by atoms with Crippen molar-refractivity contribution in [3.05, 3.63) is 29.8 Å². The summed E-state index contributed by atoms with van der Waals surface area (Å²) in [5.41, 5.74) is 1.37. The standard InChI is InChI=1S/C19H27N3O2S.ClH/c23-18(5-4-15-6-8-20-9-7-15)21-17-3-1-2-16(14-17)19(24)22-10-12-25-13-11-22;/h1-3,14-15,20H,4-13H2,(H,21,23);1H. The quantitative estimate of drug-likeness (QED) is 0.801. The molecule has 2 amide bonds. The summed E-state index contributed by atoms with van der Waals surface area (Å²) in [5, 5.41) is 6.30. The summed E-state index contributed by atoms with van der Waals surface area (Å²) >= 11 is 1.89. The minimum absolute atomic E-state index is 0. The molecule has 2 heterocycles. The zero-order valence-electron chi connectivity index (χ0n) is 15.0. The van der Waals surface area contributed by atoms with Crippen LogP contribution >= 0.6 is 24.2 Å². The van der Waals surface area contributed by atoms with Gasteiger partial charge in [-0.3, -0.25) is 9.59 Å². The highest BCUT2D eigenvalue weighted by atomic mass is 35.5. The molecule has 0 aliphatic carbocycles. The molecule has 2 aliphatic heterocycles. The highest BCUT2D eigenvalue weighted by Crippen LogP contribution is 2.19. The van der Waals surface area contributed by atoms with Gasteiger partial charge >= 0.3 is 0 Å². The molecule has 2 N–H and O–H groups in total. The summed E-state index contributed by atoms with van der Waals surface area (Å²) in [4.78, 5) is 26.7. The zero-order chi connectivity index (χ0) is 17.5. The second-order valence-corrected chi connectivity index (χ2v) is 7.99. The minimum Gasteiger partial charge on any atom is -0.337 e. The van der Waals surface area contributed by atoms with E-state index in [2.05, 4.69) is 10.6 Å². The Kier molecular flexibility index (Phi) is 8.75. The van der Waals surface area contributed by atoms with E-state index in [1.165, 1.54) is 0 Å². The second-order valence-electron chi connectivity index (χ2n) is 6.77. The van der Waals surface area contributed by atoms with Crippen molar-refractivity contribution in [3.63, 3.8) is 0 Å².